The van der Waals surface area contributed by atoms with E-state index in [2.05, 4.69) is 22.2 Å². The number of halogens is 1. The first-order valence-electron chi connectivity index (χ1n) is 4.87. The van der Waals surface area contributed by atoms with Crippen molar-refractivity contribution in [2.45, 2.75) is 26.8 Å². The fraction of sp³-hybridized carbons (Fsp3) is 0.400. The number of rotatable bonds is 3. The molecule has 0 bridgehead atoms. The summed E-state index contributed by atoms with van der Waals surface area (Å²) in [5.41, 5.74) is 1.09. The molecule has 0 amide bonds. The largest absolute Gasteiger partial charge is 0.354 e. The van der Waals surface area contributed by atoms with Crippen LogP contribution in [0.25, 0.3) is 0 Å². The number of nitrogens with zero attached hydrogens (tertiary/aromatic N) is 2. The Morgan fingerprint density at radius 2 is 2.12 bits per heavy atom. The maximum atomic E-state index is 5.77. The van der Waals surface area contributed by atoms with Crippen LogP contribution >= 0.6 is 34.3 Å². The fourth-order valence-corrected chi connectivity index (χ4v) is 3.38. The molecule has 0 aliphatic heterocycles. The van der Waals surface area contributed by atoms with Gasteiger partial charge in [0.05, 0.1) is 16.7 Å². The molecule has 0 saturated carbocycles. The first-order chi connectivity index (χ1) is 7.56. The minimum absolute atomic E-state index is 0.216. The summed E-state index contributed by atoms with van der Waals surface area (Å²) in [5, 5.41) is 7.63. The highest BCUT2D eigenvalue weighted by molar-refractivity contribution is 7.14. The molecule has 2 rings (SSSR count). The number of anilines is 1. The van der Waals surface area contributed by atoms with Gasteiger partial charge in [0.15, 0.2) is 5.13 Å². The van der Waals surface area contributed by atoms with Gasteiger partial charge in [0.1, 0.15) is 5.15 Å². The lowest BCUT2D eigenvalue weighted by Gasteiger charge is -2.11. The molecule has 6 heteroatoms. The molecule has 3 nitrogen and oxygen atoms in total. The van der Waals surface area contributed by atoms with Crippen molar-refractivity contribution in [1.29, 1.82) is 0 Å². The van der Waals surface area contributed by atoms with Crippen LogP contribution in [0, 0.1) is 13.8 Å². The molecule has 1 atom stereocenters. The van der Waals surface area contributed by atoms with Crippen LogP contribution in [0.15, 0.2) is 5.38 Å². The summed E-state index contributed by atoms with van der Waals surface area (Å²) in [6.07, 6.45) is 0. The Morgan fingerprint density at radius 1 is 1.38 bits per heavy atom. The second-order valence-electron chi connectivity index (χ2n) is 3.52. The SMILES string of the molecule is Cc1nc(C)c(C(C)Nc2nc(Cl)cs2)s1. The van der Waals surface area contributed by atoms with Crippen LogP contribution in [-0.2, 0) is 0 Å². The summed E-state index contributed by atoms with van der Waals surface area (Å²) in [5.74, 6) is 0. The van der Waals surface area contributed by atoms with Crippen LogP contribution in [0.3, 0.4) is 0 Å². The Kier molecular flexibility index (Phi) is 3.47. The molecule has 0 aromatic carbocycles. The number of hydrogen-bond donors (Lipinski definition) is 1. The van der Waals surface area contributed by atoms with Gasteiger partial charge >= 0.3 is 0 Å². The summed E-state index contributed by atoms with van der Waals surface area (Å²) in [6, 6.07) is 0.216. The van der Waals surface area contributed by atoms with Crippen molar-refractivity contribution in [3.8, 4) is 0 Å². The third-order valence-corrected chi connectivity index (χ3v) is 4.50. The molecule has 0 spiro atoms. The smallest absolute Gasteiger partial charge is 0.184 e. The molecule has 2 aromatic rings. The minimum atomic E-state index is 0.216. The zero-order valence-corrected chi connectivity index (χ0v) is 11.6. The number of thiazole rings is 2. The Hall–Kier alpha value is -0.650. The van der Waals surface area contributed by atoms with Crippen LogP contribution < -0.4 is 5.32 Å². The third kappa shape index (κ3) is 2.53. The summed E-state index contributed by atoms with van der Waals surface area (Å²) in [6.45, 7) is 6.16. The van der Waals surface area contributed by atoms with E-state index >= 15 is 0 Å². The summed E-state index contributed by atoms with van der Waals surface area (Å²) in [7, 11) is 0. The van der Waals surface area contributed by atoms with E-state index in [0.717, 1.165) is 15.8 Å². The molecule has 86 valence electrons. The molecule has 16 heavy (non-hydrogen) atoms. The lowest BCUT2D eigenvalue weighted by atomic mass is 10.2. The Morgan fingerprint density at radius 3 is 2.62 bits per heavy atom. The standard InChI is InChI=1S/C10H12ClN3S2/c1-5-9(16-7(3)12-5)6(2)13-10-14-8(11)4-15-10/h4,6H,1-3H3,(H,13,14). The zero-order chi connectivity index (χ0) is 11.7. The first kappa shape index (κ1) is 11.8. The normalized spacial score (nSPS) is 12.8. The maximum Gasteiger partial charge on any atom is 0.184 e. The van der Waals surface area contributed by atoms with Crippen LogP contribution in [-0.4, -0.2) is 9.97 Å². The number of nitrogens with one attached hydrogen (secondary N) is 1. The zero-order valence-electron chi connectivity index (χ0n) is 9.24. The molecule has 1 N–H and O–H groups in total. The Balaban J connectivity index is 2.14. The lowest BCUT2D eigenvalue weighted by molar-refractivity contribution is 0.887. The minimum Gasteiger partial charge on any atom is -0.354 e. The summed E-state index contributed by atoms with van der Waals surface area (Å²) >= 11 is 9.01. The van der Waals surface area contributed by atoms with E-state index in [0.29, 0.717) is 5.15 Å². The van der Waals surface area contributed by atoms with E-state index in [9.17, 15) is 0 Å². The second kappa shape index (κ2) is 4.69. The van der Waals surface area contributed by atoms with Gasteiger partial charge in [0.2, 0.25) is 0 Å². The highest BCUT2D eigenvalue weighted by atomic mass is 35.5. The fourth-order valence-electron chi connectivity index (χ4n) is 1.52. The van der Waals surface area contributed by atoms with Gasteiger partial charge in [-0.15, -0.1) is 22.7 Å². The van der Waals surface area contributed by atoms with Gasteiger partial charge in [0.25, 0.3) is 0 Å². The molecule has 1 unspecified atom stereocenters. The number of aryl methyl sites for hydroxylation is 2. The van der Waals surface area contributed by atoms with Crippen molar-refractivity contribution in [2.24, 2.45) is 0 Å². The van der Waals surface area contributed by atoms with Gasteiger partial charge in [-0.2, -0.15) is 0 Å². The Bertz CT molecular complexity index is 492. The third-order valence-electron chi connectivity index (χ3n) is 2.15. The van der Waals surface area contributed by atoms with Crippen molar-refractivity contribution in [1.82, 2.24) is 9.97 Å². The molecule has 2 aromatic heterocycles. The van der Waals surface area contributed by atoms with E-state index in [4.69, 9.17) is 11.6 Å². The first-order valence-corrected chi connectivity index (χ1v) is 6.95. The summed E-state index contributed by atoms with van der Waals surface area (Å²) < 4.78 is 0. The molecule has 2 heterocycles. The highest BCUT2D eigenvalue weighted by Crippen LogP contribution is 2.29. The van der Waals surface area contributed by atoms with Crippen molar-refractivity contribution < 1.29 is 0 Å². The van der Waals surface area contributed by atoms with E-state index < -0.39 is 0 Å². The summed E-state index contributed by atoms with van der Waals surface area (Å²) in [4.78, 5) is 9.84. The number of hydrogen-bond acceptors (Lipinski definition) is 5. The van der Waals surface area contributed by atoms with Crippen LogP contribution in [0.5, 0.6) is 0 Å². The molecular formula is C10H12ClN3S2. The van der Waals surface area contributed by atoms with Crippen LogP contribution in [0.4, 0.5) is 5.13 Å². The molecular weight excluding hydrogens is 262 g/mol. The van der Waals surface area contributed by atoms with Crippen molar-refractivity contribution >= 4 is 39.4 Å². The predicted molar refractivity (Wildman–Crippen MR) is 70.7 cm³/mol. The lowest BCUT2D eigenvalue weighted by Crippen LogP contribution is -2.05. The highest BCUT2D eigenvalue weighted by Gasteiger charge is 2.13. The average Bonchev–Trinajstić information content (AvgIpc) is 2.73. The van der Waals surface area contributed by atoms with E-state index in [1.165, 1.54) is 16.2 Å². The van der Waals surface area contributed by atoms with Gasteiger partial charge in [-0.1, -0.05) is 11.6 Å². The Labute approximate surface area is 108 Å². The molecule has 0 saturated heterocycles. The van der Waals surface area contributed by atoms with Crippen molar-refractivity contribution in [2.75, 3.05) is 5.32 Å². The molecule has 0 aliphatic rings. The monoisotopic (exact) mass is 273 g/mol. The van der Waals surface area contributed by atoms with Gasteiger partial charge in [-0.3, -0.25) is 0 Å². The van der Waals surface area contributed by atoms with Gasteiger partial charge in [0, 0.05) is 10.3 Å². The second-order valence-corrected chi connectivity index (χ2v) is 6.00. The maximum absolute atomic E-state index is 5.77. The van der Waals surface area contributed by atoms with Gasteiger partial charge < -0.3 is 5.32 Å². The molecule has 0 radical (unpaired) electrons. The van der Waals surface area contributed by atoms with Gasteiger partial charge in [-0.25, -0.2) is 9.97 Å². The van der Waals surface area contributed by atoms with Crippen molar-refractivity contribution in [3.05, 3.63) is 26.1 Å². The van der Waals surface area contributed by atoms with E-state index in [1.54, 1.807) is 11.3 Å². The van der Waals surface area contributed by atoms with Crippen LogP contribution in [0.1, 0.15) is 28.5 Å². The van der Waals surface area contributed by atoms with E-state index in [1.807, 2.05) is 19.2 Å². The molecule has 0 fully saturated rings. The van der Waals surface area contributed by atoms with E-state index in [-0.39, 0.29) is 6.04 Å². The molecule has 0 aliphatic carbocycles. The topological polar surface area (TPSA) is 37.8 Å². The van der Waals surface area contributed by atoms with Crippen molar-refractivity contribution in [3.63, 3.8) is 0 Å². The quantitative estimate of drug-likeness (QED) is 0.917. The van der Waals surface area contributed by atoms with Gasteiger partial charge in [-0.05, 0) is 20.8 Å². The number of aromatic nitrogens is 2. The predicted octanol–water partition coefficient (Wildman–Crippen LogP) is 4.04. The van der Waals surface area contributed by atoms with Crippen LogP contribution in [0.2, 0.25) is 5.15 Å². The average molecular weight is 274 g/mol.